The van der Waals surface area contributed by atoms with Gasteiger partial charge in [-0.05, 0) is 24.3 Å². The molecule has 0 bridgehead atoms. The zero-order valence-corrected chi connectivity index (χ0v) is 9.81. The number of thioether (sulfide) groups is 1. The topological polar surface area (TPSA) is 59.4 Å². The highest BCUT2D eigenvalue weighted by molar-refractivity contribution is 7.99. The van der Waals surface area contributed by atoms with Gasteiger partial charge in [0.05, 0.1) is 11.3 Å². The summed E-state index contributed by atoms with van der Waals surface area (Å²) >= 11 is 1.22. The van der Waals surface area contributed by atoms with E-state index in [1.807, 2.05) is 30.3 Å². The fourth-order valence-electron chi connectivity index (χ4n) is 1.38. The van der Waals surface area contributed by atoms with E-state index < -0.39 is 5.97 Å². The summed E-state index contributed by atoms with van der Waals surface area (Å²) in [6.45, 7) is 0. The molecule has 1 aromatic carbocycles. The minimum Gasteiger partial charge on any atom is -0.483 e. The zero-order valence-electron chi connectivity index (χ0n) is 9.00. The highest BCUT2D eigenvalue weighted by Gasteiger charge is 2.00. The van der Waals surface area contributed by atoms with Crippen molar-refractivity contribution >= 4 is 28.6 Å². The number of ether oxygens (including phenoxy) is 1. The van der Waals surface area contributed by atoms with Gasteiger partial charge < -0.3 is 9.84 Å². The maximum atomic E-state index is 10.3. The number of fused-ring (bicyclic) bond motifs is 1. The summed E-state index contributed by atoms with van der Waals surface area (Å²) in [4.78, 5) is 14.5. The van der Waals surface area contributed by atoms with Crippen molar-refractivity contribution in [3.8, 4) is 5.75 Å². The van der Waals surface area contributed by atoms with Crippen LogP contribution in [0.2, 0.25) is 0 Å². The molecule has 0 saturated heterocycles. The molecule has 88 valence electrons. The van der Waals surface area contributed by atoms with Gasteiger partial charge in [0.25, 0.3) is 0 Å². The van der Waals surface area contributed by atoms with Crippen LogP contribution in [0.3, 0.4) is 0 Å². The Morgan fingerprint density at radius 2 is 2.29 bits per heavy atom. The van der Waals surface area contributed by atoms with Crippen LogP contribution in [-0.4, -0.2) is 27.8 Å². The molecular weight excluding hydrogens is 238 g/mol. The average molecular weight is 249 g/mol. The second-order valence-corrected chi connectivity index (χ2v) is 4.29. The van der Waals surface area contributed by atoms with Gasteiger partial charge in [0.15, 0.2) is 0 Å². The number of carboxylic acids is 1. The summed E-state index contributed by atoms with van der Waals surface area (Å²) in [7, 11) is 0. The minimum atomic E-state index is -0.832. The predicted molar refractivity (Wildman–Crippen MR) is 67.3 cm³/mol. The lowest BCUT2D eigenvalue weighted by atomic mass is 10.2. The third kappa shape index (κ3) is 3.35. The molecule has 0 saturated carbocycles. The summed E-state index contributed by atoms with van der Waals surface area (Å²) in [5.41, 5.74) is 0.915. The van der Waals surface area contributed by atoms with E-state index in [9.17, 15) is 4.79 Å². The standard InChI is InChI=1S/C12H11NO3S/c14-12(15)7-17-8-16-10-3-4-11-9(6-10)2-1-5-13-11/h1-6H,7-8H2,(H,14,15). The molecule has 0 aliphatic carbocycles. The van der Waals surface area contributed by atoms with Crippen LogP contribution in [0, 0.1) is 0 Å². The van der Waals surface area contributed by atoms with Gasteiger partial charge in [-0.15, -0.1) is 11.8 Å². The number of nitrogens with zero attached hydrogens (tertiary/aromatic N) is 1. The second kappa shape index (κ2) is 5.54. The van der Waals surface area contributed by atoms with Crippen molar-refractivity contribution in [3.05, 3.63) is 36.5 Å². The van der Waals surface area contributed by atoms with Crippen molar-refractivity contribution in [1.29, 1.82) is 0 Å². The molecule has 0 aliphatic rings. The predicted octanol–water partition coefficient (Wildman–Crippen LogP) is 2.39. The number of hydrogen-bond donors (Lipinski definition) is 1. The number of benzene rings is 1. The fraction of sp³-hybridized carbons (Fsp3) is 0.167. The molecule has 4 nitrogen and oxygen atoms in total. The summed E-state index contributed by atoms with van der Waals surface area (Å²) in [6, 6.07) is 9.43. The van der Waals surface area contributed by atoms with Gasteiger partial charge in [-0.3, -0.25) is 9.78 Å². The van der Waals surface area contributed by atoms with E-state index in [0.29, 0.717) is 5.94 Å². The van der Waals surface area contributed by atoms with Crippen LogP contribution in [-0.2, 0) is 4.79 Å². The van der Waals surface area contributed by atoms with Gasteiger partial charge in [-0.2, -0.15) is 0 Å². The van der Waals surface area contributed by atoms with Crippen LogP contribution in [0.4, 0.5) is 0 Å². The van der Waals surface area contributed by atoms with Gasteiger partial charge in [-0.25, -0.2) is 0 Å². The van der Waals surface area contributed by atoms with Crippen LogP contribution < -0.4 is 4.74 Å². The lowest BCUT2D eigenvalue weighted by Gasteiger charge is -2.05. The van der Waals surface area contributed by atoms with Gasteiger partial charge in [0.2, 0.25) is 0 Å². The molecular formula is C12H11NO3S. The minimum absolute atomic E-state index is 0.0507. The van der Waals surface area contributed by atoms with Crippen molar-refractivity contribution in [2.75, 3.05) is 11.7 Å². The van der Waals surface area contributed by atoms with Crippen molar-refractivity contribution in [3.63, 3.8) is 0 Å². The van der Waals surface area contributed by atoms with Crippen LogP contribution >= 0.6 is 11.8 Å². The maximum absolute atomic E-state index is 10.3. The van der Waals surface area contributed by atoms with Gasteiger partial charge in [0, 0.05) is 11.6 Å². The molecule has 2 aromatic rings. The molecule has 0 fully saturated rings. The van der Waals surface area contributed by atoms with Crippen LogP contribution in [0.1, 0.15) is 0 Å². The number of hydrogen-bond acceptors (Lipinski definition) is 4. The molecule has 0 spiro atoms. The summed E-state index contributed by atoms with van der Waals surface area (Å²) < 4.78 is 5.44. The smallest absolute Gasteiger partial charge is 0.313 e. The first-order valence-corrected chi connectivity index (χ1v) is 6.18. The third-order valence-electron chi connectivity index (χ3n) is 2.11. The number of carboxylic acid groups (broad SMARTS) is 1. The Hall–Kier alpha value is -1.75. The maximum Gasteiger partial charge on any atom is 0.313 e. The lowest BCUT2D eigenvalue weighted by Crippen LogP contribution is -2.01. The molecule has 1 aromatic heterocycles. The highest BCUT2D eigenvalue weighted by Crippen LogP contribution is 2.19. The first-order valence-electron chi connectivity index (χ1n) is 5.03. The average Bonchev–Trinajstić information content (AvgIpc) is 2.34. The van der Waals surface area contributed by atoms with E-state index in [2.05, 4.69) is 4.98 Å². The quantitative estimate of drug-likeness (QED) is 0.651. The van der Waals surface area contributed by atoms with Crippen molar-refractivity contribution in [1.82, 2.24) is 4.98 Å². The second-order valence-electron chi connectivity index (χ2n) is 3.36. The molecule has 0 aliphatic heterocycles. The van der Waals surface area contributed by atoms with E-state index in [-0.39, 0.29) is 5.75 Å². The van der Waals surface area contributed by atoms with Gasteiger partial charge in [0.1, 0.15) is 11.7 Å². The molecule has 1 N–H and O–H groups in total. The summed E-state index contributed by atoms with van der Waals surface area (Å²) in [5, 5.41) is 9.47. The fourth-order valence-corrected chi connectivity index (χ4v) is 1.86. The number of pyridine rings is 1. The largest absolute Gasteiger partial charge is 0.483 e. The Labute approximate surface area is 103 Å². The van der Waals surface area contributed by atoms with Gasteiger partial charge in [-0.1, -0.05) is 6.07 Å². The van der Waals surface area contributed by atoms with E-state index in [0.717, 1.165) is 16.7 Å². The van der Waals surface area contributed by atoms with E-state index in [4.69, 9.17) is 9.84 Å². The molecule has 0 atom stereocenters. The van der Waals surface area contributed by atoms with Crippen LogP contribution in [0.25, 0.3) is 10.9 Å². The number of rotatable bonds is 5. The van der Waals surface area contributed by atoms with E-state index >= 15 is 0 Å². The van der Waals surface area contributed by atoms with Crippen LogP contribution in [0.15, 0.2) is 36.5 Å². The molecule has 0 unspecified atom stereocenters. The highest BCUT2D eigenvalue weighted by atomic mass is 32.2. The Bertz CT molecular complexity index is 530. The molecule has 0 amide bonds. The van der Waals surface area contributed by atoms with E-state index in [1.165, 1.54) is 11.8 Å². The Kier molecular flexibility index (Phi) is 3.82. The molecule has 1 heterocycles. The van der Waals surface area contributed by atoms with E-state index in [1.54, 1.807) is 6.20 Å². The lowest BCUT2D eigenvalue weighted by molar-refractivity contribution is -0.133. The van der Waals surface area contributed by atoms with Crippen LogP contribution in [0.5, 0.6) is 5.75 Å². The number of carbonyl (C=O) groups is 1. The molecule has 2 rings (SSSR count). The zero-order chi connectivity index (χ0) is 12.1. The first-order chi connectivity index (χ1) is 8.25. The van der Waals surface area contributed by atoms with Crippen molar-refractivity contribution < 1.29 is 14.6 Å². The number of aromatic nitrogens is 1. The monoisotopic (exact) mass is 249 g/mol. The molecule has 5 heteroatoms. The first kappa shape index (κ1) is 11.7. The van der Waals surface area contributed by atoms with Gasteiger partial charge >= 0.3 is 5.97 Å². The SMILES string of the molecule is O=C(O)CSCOc1ccc2ncccc2c1. The Morgan fingerprint density at radius 1 is 1.41 bits per heavy atom. The Balaban J connectivity index is 1.97. The molecule has 17 heavy (non-hydrogen) atoms. The van der Waals surface area contributed by atoms with Crippen molar-refractivity contribution in [2.45, 2.75) is 0 Å². The normalized spacial score (nSPS) is 10.4. The number of aliphatic carboxylic acids is 1. The summed E-state index contributed by atoms with van der Waals surface area (Å²) in [5.74, 6) is 0.275. The third-order valence-corrected chi connectivity index (χ3v) is 2.84. The summed E-state index contributed by atoms with van der Waals surface area (Å²) in [6.07, 6.45) is 1.74. The molecule has 0 radical (unpaired) electrons. The van der Waals surface area contributed by atoms with Crippen molar-refractivity contribution in [2.24, 2.45) is 0 Å². The Morgan fingerprint density at radius 3 is 3.12 bits per heavy atom.